The first-order chi connectivity index (χ1) is 5.43. The summed E-state index contributed by atoms with van der Waals surface area (Å²) < 4.78 is 0. The van der Waals surface area contributed by atoms with Crippen LogP contribution in [-0.2, 0) is 0 Å². The van der Waals surface area contributed by atoms with Crippen molar-refractivity contribution in [2.45, 2.75) is 38.5 Å². The van der Waals surface area contributed by atoms with Crippen LogP contribution in [0.1, 0.15) is 38.5 Å². The third-order valence-electron chi connectivity index (χ3n) is 2.33. The highest BCUT2D eigenvalue weighted by molar-refractivity contribution is 5.03. The van der Waals surface area contributed by atoms with Crippen LogP contribution < -0.4 is 5.32 Å². The normalized spacial score (nSPS) is 19.2. The van der Waals surface area contributed by atoms with Gasteiger partial charge in [-0.3, -0.25) is 0 Å². The van der Waals surface area contributed by atoms with Gasteiger partial charge in [0, 0.05) is 0 Å². The minimum absolute atomic E-state index is 1.14. The van der Waals surface area contributed by atoms with E-state index in [0.29, 0.717) is 0 Å². The van der Waals surface area contributed by atoms with Crippen molar-refractivity contribution >= 4 is 0 Å². The molecule has 0 saturated heterocycles. The summed E-state index contributed by atoms with van der Waals surface area (Å²) in [6, 6.07) is 0. The molecule has 0 aromatic carbocycles. The summed E-state index contributed by atoms with van der Waals surface area (Å²) >= 11 is 0. The summed E-state index contributed by atoms with van der Waals surface area (Å²) in [4.78, 5) is 0. The van der Waals surface area contributed by atoms with Gasteiger partial charge in [-0.25, -0.2) is 0 Å². The molecule has 0 spiro atoms. The van der Waals surface area contributed by atoms with Gasteiger partial charge in [0.25, 0.3) is 0 Å². The van der Waals surface area contributed by atoms with Crippen molar-refractivity contribution in [3.8, 4) is 0 Å². The Labute approximate surface area is 69.9 Å². The number of rotatable bonds is 3. The fourth-order valence-corrected chi connectivity index (χ4v) is 1.59. The van der Waals surface area contributed by atoms with Crippen molar-refractivity contribution in [1.82, 2.24) is 5.32 Å². The van der Waals surface area contributed by atoms with Crippen molar-refractivity contribution in [3.05, 3.63) is 11.6 Å². The molecule has 0 bridgehead atoms. The van der Waals surface area contributed by atoms with Gasteiger partial charge in [0.05, 0.1) is 0 Å². The van der Waals surface area contributed by atoms with E-state index in [4.69, 9.17) is 0 Å². The van der Waals surface area contributed by atoms with Crippen molar-refractivity contribution in [1.29, 1.82) is 0 Å². The molecule has 0 unspecified atom stereocenters. The molecule has 0 radical (unpaired) electrons. The number of hydrogen-bond donors (Lipinski definition) is 1. The standard InChI is InChI=1S/C10H19N/c1-11-9-8-10-6-4-2-3-5-7-10/h6,11H,2-5,7-9H2,1H3. The third-order valence-corrected chi connectivity index (χ3v) is 2.33. The molecule has 1 N–H and O–H groups in total. The largest absolute Gasteiger partial charge is 0.319 e. The van der Waals surface area contributed by atoms with Crippen molar-refractivity contribution < 1.29 is 0 Å². The van der Waals surface area contributed by atoms with Gasteiger partial charge < -0.3 is 5.32 Å². The highest BCUT2D eigenvalue weighted by Gasteiger charge is 2.00. The summed E-state index contributed by atoms with van der Waals surface area (Å²) in [7, 11) is 2.03. The van der Waals surface area contributed by atoms with Gasteiger partial charge in [-0.15, -0.1) is 0 Å². The Morgan fingerprint density at radius 3 is 3.09 bits per heavy atom. The highest BCUT2D eigenvalue weighted by Crippen LogP contribution is 2.18. The van der Waals surface area contributed by atoms with Crippen LogP contribution in [0, 0.1) is 0 Å². The SMILES string of the molecule is CNCCC1=CCCCCC1. The predicted octanol–water partition coefficient (Wildman–Crippen LogP) is 2.49. The summed E-state index contributed by atoms with van der Waals surface area (Å²) in [6.45, 7) is 1.14. The van der Waals surface area contributed by atoms with Crippen molar-refractivity contribution in [2.75, 3.05) is 13.6 Å². The van der Waals surface area contributed by atoms with E-state index in [1.165, 1.54) is 38.5 Å². The highest BCUT2D eigenvalue weighted by atomic mass is 14.8. The molecule has 0 saturated carbocycles. The second-order valence-electron chi connectivity index (χ2n) is 3.32. The molecule has 0 fully saturated rings. The molecule has 1 rings (SSSR count). The maximum atomic E-state index is 3.19. The lowest BCUT2D eigenvalue weighted by molar-refractivity contribution is 0.692. The van der Waals surface area contributed by atoms with Crippen LogP contribution >= 0.6 is 0 Å². The summed E-state index contributed by atoms with van der Waals surface area (Å²) in [5, 5.41) is 3.19. The van der Waals surface area contributed by atoms with E-state index in [-0.39, 0.29) is 0 Å². The van der Waals surface area contributed by atoms with Gasteiger partial charge in [0.15, 0.2) is 0 Å². The molecule has 0 aromatic heterocycles. The predicted molar refractivity (Wildman–Crippen MR) is 49.7 cm³/mol. The molecule has 0 aromatic rings. The van der Waals surface area contributed by atoms with Crippen molar-refractivity contribution in [3.63, 3.8) is 0 Å². The van der Waals surface area contributed by atoms with Crippen LogP contribution in [-0.4, -0.2) is 13.6 Å². The van der Waals surface area contributed by atoms with Gasteiger partial charge >= 0.3 is 0 Å². The second kappa shape index (κ2) is 5.36. The molecule has 64 valence electrons. The Balaban J connectivity index is 2.23. The average molecular weight is 153 g/mol. The fraction of sp³-hybridized carbons (Fsp3) is 0.800. The Kier molecular flexibility index (Phi) is 4.29. The Morgan fingerprint density at radius 2 is 2.27 bits per heavy atom. The summed E-state index contributed by atoms with van der Waals surface area (Å²) in [5.41, 5.74) is 1.68. The molecule has 1 nitrogen and oxygen atoms in total. The van der Waals surface area contributed by atoms with E-state index in [1.54, 1.807) is 5.57 Å². The first-order valence-electron chi connectivity index (χ1n) is 4.76. The molecule has 11 heavy (non-hydrogen) atoms. The van der Waals surface area contributed by atoms with Crippen LogP contribution in [0.25, 0.3) is 0 Å². The monoisotopic (exact) mass is 153 g/mol. The van der Waals surface area contributed by atoms with Crippen LogP contribution in [0.5, 0.6) is 0 Å². The minimum Gasteiger partial charge on any atom is -0.319 e. The molecular weight excluding hydrogens is 134 g/mol. The van der Waals surface area contributed by atoms with Crippen LogP contribution in [0.3, 0.4) is 0 Å². The van der Waals surface area contributed by atoms with Crippen LogP contribution in [0.2, 0.25) is 0 Å². The second-order valence-corrected chi connectivity index (χ2v) is 3.32. The van der Waals surface area contributed by atoms with E-state index in [2.05, 4.69) is 11.4 Å². The number of nitrogens with one attached hydrogen (secondary N) is 1. The minimum atomic E-state index is 1.14. The van der Waals surface area contributed by atoms with Gasteiger partial charge in [-0.05, 0) is 45.7 Å². The topological polar surface area (TPSA) is 12.0 Å². The zero-order chi connectivity index (χ0) is 7.94. The smallest absolute Gasteiger partial charge is 0.00146 e. The zero-order valence-corrected chi connectivity index (χ0v) is 7.53. The lowest BCUT2D eigenvalue weighted by atomic mass is 10.1. The lowest BCUT2D eigenvalue weighted by Gasteiger charge is -2.03. The van der Waals surface area contributed by atoms with Crippen LogP contribution in [0.4, 0.5) is 0 Å². The molecule has 1 heteroatoms. The molecule has 0 atom stereocenters. The van der Waals surface area contributed by atoms with E-state index in [9.17, 15) is 0 Å². The molecule has 0 aliphatic heterocycles. The Bertz CT molecular complexity index is 127. The third kappa shape index (κ3) is 3.57. The maximum absolute atomic E-state index is 3.19. The molecule has 1 aliphatic carbocycles. The van der Waals surface area contributed by atoms with Crippen molar-refractivity contribution in [2.24, 2.45) is 0 Å². The van der Waals surface area contributed by atoms with Gasteiger partial charge in [0.1, 0.15) is 0 Å². The summed E-state index contributed by atoms with van der Waals surface area (Å²) in [6.07, 6.45) is 10.6. The van der Waals surface area contributed by atoms with Gasteiger partial charge in [-0.1, -0.05) is 18.1 Å². The van der Waals surface area contributed by atoms with Crippen LogP contribution in [0.15, 0.2) is 11.6 Å². The molecule has 0 heterocycles. The fourth-order valence-electron chi connectivity index (χ4n) is 1.59. The Hall–Kier alpha value is -0.300. The molecule has 0 amide bonds. The summed E-state index contributed by atoms with van der Waals surface area (Å²) in [5.74, 6) is 0. The van der Waals surface area contributed by atoms with Gasteiger partial charge in [0.2, 0.25) is 0 Å². The number of allylic oxidation sites excluding steroid dienone is 1. The van der Waals surface area contributed by atoms with E-state index < -0.39 is 0 Å². The Morgan fingerprint density at radius 1 is 1.36 bits per heavy atom. The average Bonchev–Trinajstić information content (AvgIpc) is 2.28. The first-order valence-corrected chi connectivity index (χ1v) is 4.76. The molecule has 1 aliphatic rings. The number of hydrogen-bond acceptors (Lipinski definition) is 1. The van der Waals surface area contributed by atoms with E-state index in [1.807, 2.05) is 7.05 Å². The zero-order valence-electron chi connectivity index (χ0n) is 7.53. The van der Waals surface area contributed by atoms with E-state index in [0.717, 1.165) is 6.54 Å². The maximum Gasteiger partial charge on any atom is -0.00146 e. The first kappa shape index (κ1) is 8.79. The van der Waals surface area contributed by atoms with Gasteiger partial charge in [-0.2, -0.15) is 0 Å². The lowest BCUT2D eigenvalue weighted by Crippen LogP contribution is -2.08. The van der Waals surface area contributed by atoms with E-state index >= 15 is 0 Å². The quantitative estimate of drug-likeness (QED) is 0.614. The molecular formula is C10H19N.